The quantitative estimate of drug-likeness (QED) is 0.332. The van der Waals surface area contributed by atoms with E-state index in [0.717, 1.165) is 12.8 Å². The summed E-state index contributed by atoms with van der Waals surface area (Å²) in [5, 5.41) is 0. The second-order valence-corrected chi connectivity index (χ2v) is 5.05. The zero-order valence-electron chi connectivity index (χ0n) is 10.9. The molecular formula is C15H23Au. The Labute approximate surface area is 113 Å². The van der Waals surface area contributed by atoms with Crippen molar-refractivity contribution in [3.05, 3.63) is 38.9 Å². The van der Waals surface area contributed by atoms with Crippen LogP contribution in [0.15, 0.2) is 38.9 Å². The molecule has 0 radical (unpaired) electrons. The zero-order valence-corrected chi connectivity index (χ0v) is 13.0. The van der Waals surface area contributed by atoms with Crippen molar-refractivity contribution in [2.45, 2.75) is 53.4 Å². The summed E-state index contributed by atoms with van der Waals surface area (Å²) in [5.74, 6) is 0. The fourth-order valence-corrected chi connectivity index (χ4v) is 1.91. The molecule has 0 aromatic carbocycles. The van der Waals surface area contributed by atoms with Gasteiger partial charge in [-0.25, -0.2) is 0 Å². The van der Waals surface area contributed by atoms with Crippen molar-refractivity contribution >= 4 is 0 Å². The molecule has 94 valence electrons. The minimum atomic E-state index is 1.12. The van der Waals surface area contributed by atoms with Gasteiger partial charge in [-0.05, 0) is 0 Å². The number of hydrogen-bond acceptors (Lipinski definition) is 0. The predicted octanol–water partition coefficient (Wildman–Crippen LogP) is 5.07. The molecule has 0 atom stereocenters. The summed E-state index contributed by atoms with van der Waals surface area (Å²) in [6, 6.07) is 0. The molecule has 0 aromatic rings. The Morgan fingerprint density at radius 1 is 1.00 bits per heavy atom. The molecule has 0 heterocycles. The van der Waals surface area contributed by atoms with Crippen molar-refractivity contribution in [1.29, 1.82) is 0 Å². The first-order chi connectivity index (χ1) is 7.56. The fourth-order valence-electron chi connectivity index (χ4n) is 1.37. The second kappa shape index (κ2) is 9.93. The Morgan fingerprint density at radius 3 is 2.19 bits per heavy atom. The van der Waals surface area contributed by atoms with Gasteiger partial charge in [-0.1, -0.05) is 0 Å². The summed E-state index contributed by atoms with van der Waals surface area (Å²) in [7, 11) is 0. The molecular weight excluding hydrogens is 377 g/mol. The van der Waals surface area contributed by atoms with Gasteiger partial charge in [-0.15, -0.1) is 0 Å². The van der Waals surface area contributed by atoms with Gasteiger partial charge in [0.05, 0.1) is 0 Å². The van der Waals surface area contributed by atoms with E-state index in [-0.39, 0.29) is 0 Å². The normalized spacial score (nSPS) is 10.8. The molecule has 0 rings (SSSR count). The van der Waals surface area contributed by atoms with Gasteiger partial charge < -0.3 is 0 Å². The predicted molar refractivity (Wildman–Crippen MR) is 68.9 cm³/mol. The average Bonchev–Trinajstić information content (AvgIpc) is 2.17. The number of hydrogen-bond donors (Lipinski definition) is 0. The SMILES string of the molecule is CC(=C=[CH][Au])CCC=C(C)CCC=C(C)C. The van der Waals surface area contributed by atoms with Crippen LogP contribution >= 0.6 is 0 Å². The van der Waals surface area contributed by atoms with E-state index in [0.29, 0.717) is 0 Å². The van der Waals surface area contributed by atoms with Crippen LogP contribution in [0.3, 0.4) is 0 Å². The maximum atomic E-state index is 3.21. The van der Waals surface area contributed by atoms with Gasteiger partial charge in [-0.3, -0.25) is 0 Å². The summed E-state index contributed by atoms with van der Waals surface area (Å²) in [4.78, 5) is 0. The van der Waals surface area contributed by atoms with Crippen molar-refractivity contribution in [1.82, 2.24) is 0 Å². The van der Waals surface area contributed by atoms with Crippen molar-refractivity contribution in [3.63, 3.8) is 0 Å². The van der Waals surface area contributed by atoms with Crippen molar-refractivity contribution < 1.29 is 21.1 Å². The number of allylic oxidation sites excluding steroid dienone is 5. The number of rotatable bonds is 6. The summed E-state index contributed by atoms with van der Waals surface area (Å²) < 4.78 is 1.93. The minimum absolute atomic E-state index is 1.12. The van der Waals surface area contributed by atoms with Gasteiger partial charge in [0, 0.05) is 0 Å². The standard InChI is InChI=1S/C15H23.Au/c1-6-14(4)10-8-12-15(5)11-7-9-13(2)3;/h1,9,12H,7-8,10-11H2,2-5H3;. The van der Waals surface area contributed by atoms with E-state index in [2.05, 4.69) is 66.6 Å². The van der Waals surface area contributed by atoms with E-state index < -0.39 is 0 Å². The summed E-state index contributed by atoms with van der Waals surface area (Å²) in [6.45, 7) is 8.67. The van der Waals surface area contributed by atoms with Crippen LogP contribution in [0.5, 0.6) is 0 Å². The van der Waals surface area contributed by atoms with E-state index in [1.54, 1.807) is 0 Å². The van der Waals surface area contributed by atoms with Gasteiger partial charge >= 0.3 is 113 Å². The van der Waals surface area contributed by atoms with E-state index in [1.165, 1.54) is 29.6 Å². The molecule has 1 heteroatoms. The topological polar surface area (TPSA) is 0 Å². The van der Waals surface area contributed by atoms with Gasteiger partial charge in [0.2, 0.25) is 0 Å². The second-order valence-electron chi connectivity index (χ2n) is 4.42. The average molecular weight is 400 g/mol. The molecule has 0 aliphatic rings. The molecule has 0 saturated carbocycles. The third-order valence-electron chi connectivity index (χ3n) is 2.39. The summed E-state index contributed by atoms with van der Waals surface area (Å²) >= 11 is 2.38. The molecule has 0 saturated heterocycles. The summed E-state index contributed by atoms with van der Waals surface area (Å²) in [5.41, 5.74) is 7.45. The van der Waals surface area contributed by atoms with Crippen molar-refractivity contribution in [2.24, 2.45) is 0 Å². The molecule has 0 N–H and O–H groups in total. The molecule has 0 amide bonds. The van der Waals surface area contributed by atoms with Gasteiger partial charge in [0.25, 0.3) is 0 Å². The van der Waals surface area contributed by atoms with Crippen molar-refractivity contribution in [2.75, 3.05) is 0 Å². The first kappa shape index (κ1) is 15.7. The monoisotopic (exact) mass is 400 g/mol. The van der Waals surface area contributed by atoms with Crippen LogP contribution in [0.2, 0.25) is 0 Å². The third kappa shape index (κ3) is 10.3. The molecule has 0 spiro atoms. The van der Waals surface area contributed by atoms with Crippen LogP contribution in [0.1, 0.15) is 53.4 Å². The van der Waals surface area contributed by atoms with Crippen LogP contribution in [0.4, 0.5) is 0 Å². The van der Waals surface area contributed by atoms with Crippen LogP contribution < -0.4 is 0 Å². The van der Waals surface area contributed by atoms with Gasteiger partial charge in [-0.2, -0.15) is 0 Å². The zero-order chi connectivity index (χ0) is 12.4. The van der Waals surface area contributed by atoms with E-state index >= 15 is 0 Å². The summed E-state index contributed by atoms with van der Waals surface area (Å²) in [6.07, 6.45) is 9.28. The Bertz CT molecular complexity index is 308. The molecule has 0 fully saturated rings. The van der Waals surface area contributed by atoms with Crippen LogP contribution in [0.25, 0.3) is 0 Å². The molecule has 16 heavy (non-hydrogen) atoms. The molecule has 0 unspecified atom stereocenters. The fraction of sp³-hybridized carbons (Fsp3) is 0.533. The molecule has 0 aromatic heterocycles. The van der Waals surface area contributed by atoms with Gasteiger partial charge in [0.1, 0.15) is 0 Å². The first-order valence-electron chi connectivity index (χ1n) is 5.81. The molecule has 0 nitrogen and oxygen atoms in total. The van der Waals surface area contributed by atoms with Crippen LogP contribution in [0, 0.1) is 0 Å². The Hall–Kier alpha value is -0.260. The van der Waals surface area contributed by atoms with Crippen LogP contribution in [-0.2, 0) is 21.1 Å². The van der Waals surface area contributed by atoms with E-state index in [4.69, 9.17) is 0 Å². The van der Waals surface area contributed by atoms with Crippen LogP contribution in [-0.4, -0.2) is 0 Å². The Balaban J connectivity index is 3.88. The molecule has 0 bridgehead atoms. The molecule has 0 aliphatic heterocycles. The first-order valence-corrected chi connectivity index (χ1v) is 7.06. The van der Waals surface area contributed by atoms with E-state index in [1.807, 2.05) is 4.29 Å². The molecule has 0 aliphatic carbocycles. The van der Waals surface area contributed by atoms with Crippen molar-refractivity contribution in [3.8, 4) is 0 Å². The Morgan fingerprint density at radius 2 is 1.62 bits per heavy atom. The third-order valence-corrected chi connectivity index (χ3v) is 2.71. The maximum absolute atomic E-state index is 3.21. The van der Waals surface area contributed by atoms with E-state index in [9.17, 15) is 0 Å². The Kier molecular flexibility index (Phi) is 9.77. The van der Waals surface area contributed by atoms with Gasteiger partial charge in [0.15, 0.2) is 0 Å².